The average Bonchev–Trinajstić information content (AvgIpc) is 2.40. The molecule has 5 heteroatoms. The number of carbonyl (C=O) groups is 1. The zero-order chi connectivity index (χ0) is 14.8. The molecule has 0 heterocycles. The van der Waals surface area contributed by atoms with E-state index < -0.39 is 5.97 Å². The smallest absolute Gasteiger partial charge is 0.303 e. The minimum Gasteiger partial charge on any atom is -0.508 e. The molecule has 1 aromatic carbocycles. The van der Waals surface area contributed by atoms with Gasteiger partial charge in [-0.05, 0) is 37.6 Å². The molecule has 0 atom stereocenters. The minimum atomic E-state index is -0.735. The van der Waals surface area contributed by atoms with Gasteiger partial charge in [0, 0.05) is 18.5 Å². The molecule has 4 nitrogen and oxygen atoms in total. The first-order chi connectivity index (χ1) is 9.59. The summed E-state index contributed by atoms with van der Waals surface area (Å²) in [5.41, 5.74) is 0.562. The Bertz CT molecular complexity index is 424. The number of halogens is 1. The topological polar surface area (TPSA) is 69.6 Å². The van der Waals surface area contributed by atoms with Gasteiger partial charge in [-0.15, -0.1) is 0 Å². The molecular formula is C15H22FNO3. The number of carboxylic acid groups (broad SMARTS) is 1. The van der Waals surface area contributed by atoms with Crippen LogP contribution in [0.15, 0.2) is 18.2 Å². The Morgan fingerprint density at radius 2 is 1.85 bits per heavy atom. The molecule has 0 unspecified atom stereocenters. The van der Waals surface area contributed by atoms with Crippen molar-refractivity contribution < 1.29 is 19.4 Å². The van der Waals surface area contributed by atoms with E-state index in [0.29, 0.717) is 12.1 Å². The maximum Gasteiger partial charge on any atom is 0.303 e. The number of hydrogen-bond acceptors (Lipinski definition) is 3. The number of hydrogen-bond donors (Lipinski definition) is 3. The number of unbranched alkanes of at least 4 members (excludes halogenated alkanes) is 4. The first-order valence-electron chi connectivity index (χ1n) is 6.99. The molecule has 1 rings (SSSR count). The standard InChI is InChI=1S/C15H22FNO3/c16-13-7-8-14(18)12(10-13)11-17-9-5-3-1-2-4-6-15(19)20/h7-8,10,17-18H,1-6,9,11H2,(H,19,20). The summed E-state index contributed by atoms with van der Waals surface area (Å²) in [6.07, 6.45) is 4.99. The molecule has 0 radical (unpaired) electrons. The lowest BCUT2D eigenvalue weighted by Gasteiger charge is -2.07. The van der Waals surface area contributed by atoms with Crippen LogP contribution in [-0.2, 0) is 11.3 Å². The lowest BCUT2D eigenvalue weighted by atomic mass is 10.1. The molecule has 3 N–H and O–H groups in total. The third-order valence-corrected chi connectivity index (χ3v) is 3.10. The molecule has 0 aliphatic rings. The highest BCUT2D eigenvalue weighted by molar-refractivity contribution is 5.66. The van der Waals surface area contributed by atoms with Crippen LogP contribution in [0.4, 0.5) is 4.39 Å². The fourth-order valence-electron chi connectivity index (χ4n) is 1.98. The van der Waals surface area contributed by atoms with Gasteiger partial charge in [0.2, 0.25) is 0 Å². The Kier molecular flexibility index (Phi) is 7.65. The predicted molar refractivity (Wildman–Crippen MR) is 75.1 cm³/mol. The van der Waals surface area contributed by atoms with Crippen LogP contribution in [0.5, 0.6) is 5.75 Å². The molecule has 0 saturated heterocycles. The summed E-state index contributed by atoms with van der Waals surface area (Å²) in [7, 11) is 0. The third kappa shape index (κ3) is 7.09. The van der Waals surface area contributed by atoms with Crippen molar-refractivity contribution in [2.45, 2.75) is 45.1 Å². The van der Waals surface area contributed by atoms with Crippen molar-refractivity contribution in [3.63, 3.8) is 0 Å². The van der Waals surface area contributed by atoms with E-state index >= 15 is 0 Å². The largest absolute Gasteiger partial charge is 0.508 e. The van der Waals surface area contributed by atoms with E-state index in [-0.39, 0.29) is 18.0 Å². The van der Waals surface area contributed by atoms with Crippen LogP contribution < -0.4 is 5.32 Å². The highest BCUT2D eigenvalue weighted by Crippen LogP contribution is 2.17. The SMILES string of the molecule is O=C(O)CCCCCCCNCc1cc(F)ccc1O. The van der Waals surface area contributed by atoms with Gasteiger partial charge in [0.25, 0.3) is 0 Å². The molecule has 0 aliphatic heterocycles. The summed E-state index contributed by atoms with van der Waals surface area (Å²) in [5, 5.41) is 21.2. The first-order valence-corrected chi connectivity index (χ1v) is 6.99. The summed E-state index contributed by atoms with van der Waals surface area (Å²) < 4.78 is 13.0. The number of aromatic hydroxyl groups is 1. The van der Waals surface area contributed by atoms with Crippen LogP contribution in [0.25, 0.3) is 0 Å². The minimum absolute atomic E-state index is 0.104. The van der Waals surface area contributed by atoms with E-state index in [0.717, 1.165) is 38.6 Å². The number of aliphatic carboxylic acids is 1. The summed E-state index contributed by atoms with van der Waals surface area (Å²) in [4.78, 5) is 10.3. The Balaban J connectivity index is 2.02. The van der Waals surface area contributed by atoms with Gasteiger partial charge in [0.1, 0.15) is 11.6 Å². The Hall–Kier alpha value is -1.62. The van der Waals surface area contributed by atoms with Crippen LogP contribution in [0, 0.1) is 5.82 Å². The second-order valence-corrected chi connectivity index (χ2v) is 4.86. The van der Waals surface area contributed by atoms with Gasteiger partial charge in [0.15, 0.2) is 0 Å². The van der Waals surface area contributed by atoms with E-state index in [2.05, 4.69) is 5.32 Å². The van der Waals surface area contributed by atoms with E-state index in [1.165, 1.54) is 18.2 Å². The van der Waals surface area contributed by atoms with Crippen molar-refractivity contribution in [2.75, 3.05) is 6.54 Å². The van der Waals surface area contributed by atoms with E-state index in [1.54, 1.807) is 0 Å². The Labute approximate surface area is 118 Å². The average molecular weight is 283 g/mol. The van der Waals surface area contributed by atoms with Crippen molar-refractivity contribution in [3.05, 3.63) is 29.6 Å². The monoisotopic (exact) mass is 283 g/mol. The molecule has 112 valence electrons. The van der Waals surface area contributed by atoms with Gasteiger partial charge in [-0.25, -0.2) is 4.39 Å². The van der Waals surface area contributed by atoms with Crippen molar-refractivity contribution in [1.29, 1.82) is 0 Å². The number of rotatable bonds is 10. The second-order valence-electron chi connectivity index (χ2n) is 4.86. The quantitative estimate of drug-likeness (QED) is 0.577. The van der Waals surface area contributed by atoms with Crippen molar-refractivity contribution in [2.24, 2.45) is 0 Å². The zero-order valence-corrected chi connectivity index (χ0v) is 11.6. The van der Waals surface area contributed by atoms with Crippen LogP contribution in [0.2, 0.25) is 0 Å². The van der Waals surface area contributed by atoms with Crippen LogP contribution in [0.3, 0.4) is 0 Å². The highest BCUT2D eigenvalue weighted by Gasteiger charge is 2.02. The predicted octanol–water partition coefficient (Wildman–Crippen LogP) is 3.05. The second kappa shape index (κ2) is 9.31. The van der Waals surface area contributed by atoms with Gasteiger partial charge in [-0.2, -0.15) is 0 Å². The number of carboxylic acids is 1. The van der Waals surface area contributed by atoms with Crippen molar-refractivity contribution in [1.82, 2.24) is 5.32 Å². The maximum atomic E-state index is 13.0. The van der Waals surface area contributed by atoms with Crippen LogP contribution in [-0.4, -0.2) is 22.7 Å². The van der Waals surface area contributed by atoms with E-state index in [4.69, 9.17) is 5.11 Å². The fourth-order valence-corrected chi connectivity index (χ4v) is 1.98. The lowest BCUT2D eigenvalue weighted by Crippen LogP contribution is -2.14. The van der Waals surface area contributed by atoms with Crippen molar-refractivity contribution in [3.8, 4) is 5.75 Å². The fraction of sp³-hybridized carbons (Fsp3) is 0.533. The molecule has 0 saturated carbocycles. The first kappa shape index (κ1) is 16.4. The van der Waals surface area contributed by atoms with E-state index in [1.807, 2.05) is 0 Å². The highest BCUT2D eigenvalue weighted by atomic mass is 19.1. The van der Waals surface area contributed by atoms with Gasteiger partial charge in [0.05, 0.1) is 0 Å². The molecular weight excluding hydrogens is 261 g/mol. The van der Waals surface area contributed by atoms with Crippen molar-refractivity contribution >= 4 is 5.97 Å². The number of nitrogens with one attached hydrogen (secondary N) is 1. The van der Waals surface area contributed by atoms with E-state index in [9.17, 15) is 14.3 Å². The number of benzene rings is 1. The zero-order valence-electron chi connectivity index (χ0n) is 11.6. The molecule has 0 aromatic heterocycles. The summed E-state index contributed by atoms with van der Waals surface area (Å²) in [5.74, 6) is -0.979. The summed E-state index contributed by atoms with van der Waals surface area (Å²) in [6, 6.07) is 3.92. The lowest BCUT2D eigenvalue weighted by molar-refractivity contribution is -0.137. The third-order valence-electron chi connectivity index (χ3n) is 3.10. The number of phenols is 1. The molecule has 0 fully saturated rings. The van der Waals surface area contributed by atoms with Gasteiger partial charge in [-0.3, -0.25) is 4.79 Å². The molecule has 0 amide bonds. The van der Waals surface area contributed by atoms with Gasteiger partial charge in [-0.1, -0.05) is 19.3 Å². The Morgan fingerprint density at radius 3 is 2.60 bits per heavy atom. The molecule has 1 aromatic rings. The molecule has 20 heavy (non-hydrogen) atoms. The molecule has 0 bridgehead atoms. The molecule has 0 spiro atoms. The van der Waals surface area contributed by atoms with Crippen LogP contribution in [0.1, 0.15) is 44.1 Å². The maximum absolute atomic E-state index is 13.0. The normalized spacial score (nSPS) is 10.7. The van der Waals surface area contributed by atoms with Crippen LogP contribution >= 0.6 is 0 Å². The Morgan fingerprint density at radius 1 is 1.15 bits per heavy atom. The van der Waals surface area contributed by atoms with Gasteiger partial charge < -0.3 is 15.5 Å². The summed E-state index contributed by atoms with van der Waals surface area (Å²) >= 11 is 0. The number of phenolic OH excluding ortho intramolecular Hbond substituents is 1. The van der Waals surface area contributed by atoms with Gasteiger partial charge >= 0.3 is 5.97 Å². The summed E-state index contributed by atoms with van der Waals surface area (Å²) in [6.45, 7) is 1.25. The molecule has 0 aliphatic carbocycles.